The Kier molecular flexibility index (Phi) is 4.42. The molecule has 2 atom stereocenters. The maximum absolute atomic E-state index is 10.9. The van der Waals surface area contributed by atoms with E-state index in [0.29, 0.717) is 0 Å². The Balaban J connectivity index is 1.62. The molecule has 1 aliphatic heterocycles. The van der Waals surface area contributed by atoms with Gasteiger partial charge in [-0.15, -0.1) is 0 Å². The average molecular weight is 412 g/mol. The van der Waals surface area contributed by atoms with Crippen molar-refractivity contribution in [2.75, 3.05) is 6.79 Å². The largest absolute Gasteiger partial charge is 0.462 e. The molecule has 0 bridgehead atoms. The van der Waals surface area contributed by atoms with Crippen molar-refractivity contribution in [1.29, 1.82) is 0 Å². The second-order valence-electron chi connectivity index (χ2n) is 8.38. The van der Waals surface area contributed by atoms with E-state index in [1.54, 1.807) is 6.26 Å². The maximum Gasteiger partial charge on any atom is 0.229 e. The number of aliphatic hydroxyl groups is 1. The van der Waals surface area contributed by atoms with Gasteiger partial charge in [-0.1, -0.05) is 48.5 Å². The molecule has 6 rings (SSSR count). The fraction of sp³-hybridized carbons (Fsp3) is 0.269. The smallest absolute Gasteiger partial charge is 0.229 e. The minimum absolute atomic E-state index is 0.0789. The Labute approximate surface area is 180 Å². The van der Waals surface area contributed by atoms with Crippen molar-refractivity contribution < 1.29 is 14.6 Å². The van der Waals surface area contributed by atoms with Gasteiger partial charge in [-0.05, 0) is 37.3 Å². The van der Waals surface area contributed by atoms with E-state index in [1.165, 1.54) is 5.56 Å². The lowest BCUT2D eigenvalue weighted by molar-refractivity contribution is 0.0750. The number of nitrogens with one attached hydrogen (secondary N) is 1. The van der Waals surface area contributed by atoms with Crippen LogP contribution in [0.15, 0.2) is 66.6 Å². The van der Waals surface area contributed by atoms with Gasteiger partial charge in [0.2, 0.25) is 6.79 Å². The molecule has 0 amide bonds. The van der Waals surface area contributed by atoms with Gasteiger partial charge in [0.15, 0.2) is 0 Å². The van der Waals surface area contributed by atoms with Crippen molar-refractivity contribution in [3.8, 4) is 0 Å². The number of ether oxygens (including phenoxy) is 2. The van der Waals surface area contributed by atoms with Crippen molar-refractivity contribution in [3.05, 3.63) is 89.1 Å². The molecule has 5 nitrogen and oxygen atoms in total. The van der Waals surface area contributed by atoms with Crippen molar-refractivity contribution in [2.45, 2.75) is 37.7 Å². The highest BCUT2D eigenvalue weighted by atomic mass is 16.7. The van der Waals surface area contributed by atoms with Gasteiger partial charge < -0.3 is 19.6 Å². The number of H-pyrrole nitrogens is 1. The Bertz CT molecular complexity index is 1290. The third-order valence-electron chi connectivity index (χ3n) is 6.47. The van der Waals surface area contributed by atoms with E-state index in [2.05, 4.69) is 47.4 Å². The van der Waals surface area contributed by atoms with E-state index in [1.807, 2.05) is 12.1 Å². The Morgan fingerprint density at radius 2 is 1.94 bits per heavy atom. The fourth-order valence-electron chi connectivity index (χ4n) is 5.05. The summed E-state index contributed by atoms with van der Waals surface area (Å²) in [5.74, 6) is 0.720. The predicted molar refractivity (Wildman–Crippen MR) is 120 cm³/mol. The number of para-hydroxylation sites is 1. The highest BCUT2D eigenvalue weighted by Gasteiger charge is 2.31. The van der Waals surface area contributed by atoms with Gasteiger partial charge in [-0.25, -0.2) is 0 Å². The number of aromatic amines is 1. The minimum Gasteiger partial charge on any atom is -0.462 e. The van der Waals surface area contributed by atoms with Crippen LogP contribution < -0.4 is 0 Å². The maximum atomic E-state index is 10.9. The van der Waals surface area contributed by atoms with Gasteiger partial charge in [0, 0.05) is 27.5 Å². The molecule has 5 heteroatoms. The monoisotopic (exact) mass is 412 g/mol. The molecule has 156 valence electrons. The molecule has 2 unspecified atom stereocenters. The quantitative estimate of drug-likeness (QED) is 0.480. The summed E-state index contributed by atoms with van der Waals surface area (Å²) < 4.78 is 11.3. The van der Waals surface area contributed by atoms with Crippen LogP contribution in [0.25, 0.3) is 21.8 Å². The number of pyridine rings is 1. The van der Waals surface area contributed by atoms with Crippen molar-refractivity contribution in [2.24, 2.45) is 0 Å². The molecule has 2 N–H and O–H groups in total. The van der Waals surface area contributed by atoms with Crippen LogP contribution in [-0.4, -0.2) is 21.9 Å². The molecule has 0 radical (unpaired) electrons. The SMILES string of the molecule is OC1CCCc2nc(C(Cc3ccccc3)C3=COCO3)c3[nH]c4ccccc4c3c21. The molecule has 0 saturated heterocycles. The second kappa shape index (κ2) is 7.43. The van der Waals surface area contributed by atoms with Gasteiger partial charge in [0.05, 0.1) is 23.2 Å². The summed E-state index contributed by atoms with van der Waals surface area (Å²) in [7, 11) is 0. The number of fused-ring (bicyclic) bond motifs is 5. The number of hydrogen-bond acceptors (Lipinski definition) is 4. The number of rotatable bonds is 4. The number of allylic oxidation sites excluding steroid dienone is 1. The molecule has 4 aromatic rings. The summed E-state index contributed by atoms with van der Waals surface area (Å²) >= 11 is 0. The van der Waals surface area contributed by atoms with Crippen molar-refractivity contribution in [3.63, 3.8) is 0 Å². The molecule has 1 aliphatic carbocycles. The standard InChI is InChI=1S/C26H24N2O3/c29-21-12-6-11-20-24(21)23-17-9-4-5-10-19(17)27-26(23)25(28-20)18(22-14-30-15-31-22)13-16-7-2-1-3-8-16/h1-5,7-10,14,18,21,27,29H,6,11-13,15H2. The molecule has 0 spiro atoms. The Morgan fingerprint density at radius 1 is 1.10 bits per heavy atom. The lowest BCUT2D eigenvalue weighted by Crippen LogP contribution is -2.16. The van der Waals surface area contributed by atoms with E-state index in [-0.39, 0.29) is 12.7 Å². The van der Waals surface area contributed by atoms with Crippen LogP contribution >= 0.6 is 0 Å². The number of aromatic nitrogens is 2. The summed E-state index contributed by atoms with van der Waals surface area (Å²) in [5.41, 5.74) is 6.20. The van der Waals surface area contributed by atoms with E-state index >= 15 is 0 Å². The molecule has 0 saturated carbocycles. The van der Waals surface area contributed by atoms with Gasteiger partial charge in [0.1, 0.15) is 12.0 Å². The topological polar surface area (TPSA) is 67.4 Å². The fourth-order valence-corrected chi connectivity index (χ4v) is 5.05. The van der Waals surface area contributed by atoms with Gasteiger partial charge in [0.25, 0.3) is 0 Å². The zero-order valence-electron chi connectivity index (χ0n) is 17.2. The second-order valence-corrected chi connectivity index (χ2v) is 8.38. The first kappa shape index (κ1) is 18.5. The number of aryl methyl sites for hydroxylation is 1. The highest BCUT2D eigenvalue weighted by molar-refractivity contribution is 6.10. The predicted octanol–water partition coefficient (Wildman–Crippen LogP) is 5.26. The van der Waals surface area contributed by atoms with E-state index in [0.717, 1.165) is 70.2 Å². The average Bonchev–Trinajstić information content (AvgIpc) is 3.46. The third kappa shape index (κ3) is 3.08. The molecule has 2 aliphatic rings. The molecule has 0 fully saturated rings. The van der Waals surface area contributed by atoms with Crippen LogP contribution in [0.5, 0.6) is 0 Å². The van der Waals surface area contributed by atoms with E-state index < -0.39 is 6.10 Å². The minimum atomic E-state index is -0.482. The van der Waals surface area contributed by atoms with E-state index in [9.17, 15) is 5.11 Å². The first-order valence-electron chi connectivity index (χ1n) is 10.9. The normalized spacial score (nSPS) is 19.0. The summed E-state index contributed by atoms with van der Waals surface area (Å²) in [6.07, 6.45) is 4.60. The zero-order chi connectivity index (χ0) is 20.8. The highest BCUT2D eigenvalue weighted by Crippen LogP contribution is 2.43. The summed E-state index contributed by atoms with van der Waals surface area (Å²) in [5, 5.41) is 13.1. The first-order chi connectivity index (χ1) is 15.3. The van der Waals surface area contributed by atoms with E-state index in [4.69, 9.17) is 14.5 Å². The van der Waals surface area contributed by atoms with Crippen LogP contribution in [0.4, 0.5) is 0 Å². The van der Waals surface area contributed by atoms with Crippen LogP contribution in [0.3, 0.4) is 0 Å². The molecular weight excluding hydrogens is 388 g/mol. The third-order valence-corrected chi connectivity index (χ3v) is 6.47. The van der Waals surface area contributed by atoms with Crippen LogP contribution in [0, 0.1) is 0 Å². The Hall–Kier alpha value is -3.31. The zero-order valence-corrected chi connectivity index (χ0v) is 17.2. The molecular formula is C26H24N2O3. The molecule has 3 heterocycles. The van der Waals surface area contributed by atoms with Crippen molar-refractivity contribution >= 4 is 21.8 Å². The summed E-state index contributed by atoms with van der Waals surface area (Å²) in [6.45, 7) is 0.236. The first-order valence-corrected chi connectivity index (χ1v) is 10.9. The number of hydrogen-bond donors (Lipinski definition) is 2. The lowest BCUT2D eigenvalue weighted by Gasteiger charge is -2.25. The Morgan fingerprint density at radius 3 is 2.77 bits per heavy atom. The van der Waals surface area contributed by atoms with Gasteiger partial charge in [-0.2, -0.15) is 0 Å². The van der Waals surface area contributed by atoms with Gasteiger partial charge >= 0.3 is 0 Å². The molecule has 31 heavy (non-hydrogen) atoms. The number of nitrogens with zero attached hydrogens (tertiary/aromatic N) is 1. The lowest BCUT2D eigenvalue weighted by atomic mass is 9.86. The van der Waals surface area contributed by atoms with Crippen LogP contribution in [0.2, 0.25) is 0 Å². The number of benzene rings is 2. The molecule has 2 aromatic carbocycles. The van der Waals surface area contributed by atoms with Crippen molar-refractivity contribution in [1.82, 2.24) is 9.97 Å². The van der Waals surface area contributed by atoms with Crippen LogP contribution in [0.1, 0.15) is 47.4 Å². The summed E-state index contributed by atoms with van der Waals surface area (Å²) in [6, 6.07) is 18.7. The number of aliphatic hydroxyl groups excluding tert-OH is 1. The van der Waals surface area contributed by atoms with Gasteiger partial charge in [-0.3, -0.25) is 4.98 Å². The summed E-state index contributed by atoms with van der Waals surface area (Å²) in [4.78, 5) is 8.77. The molecule has 2 aromatic heterocycles. The van der Waals surface area contributed by atoms with Crippen LogP contribution in [-0.2, 0) is 22.3 Å².